The minimum Gasteiger partial charge on any atom is -0.497 e. The van der Waals surface area contributed by atoms with Gasteiger partial charge in [-0.2, -0.15) is 0 Å². The number of H-pyrrole nitrogens is 2. The summed E-state index contributed by atoms with van der Waals surface area (Å²) in [6.07, 6.45) is 1.53. The molecule has 136 valence electrons. The van der Waals surface area contributed by atoms with E-state index in [1.165, 1.54) is 6.20 Å². The number of aromatic nitrogens is 2. The van der Waals surface area contributed by atoms with Crippen molar-refractivity contribution in [2.75, 3.05) is 13.7 Å². The number of benzene rings is 2. The minimum atomic E-state index is -0.453. The van der Waals surface area contributed by atoms with E-state index < -0.39 is 5.97 Å². The fraction of sp³-hybridized carbons (Fsp3) is 0.143. The lowest BCUT2D eigenvalue weighted by molar-refractivity contribution is 0.0529. The Hall–Kier alpha value is -3.54. The second-order valence-corrected chi connectivity index (χ2v) is 6.12. The zero-order chi connectivity index (χ0) is 19.0. The number of fused-ring (bicyclic) bond motifs is 3. The Labute approximate surface area is 154 Å². The number of carbonyl (C=O) groups is 1. The van der Waals surface area contributed by atoms with Crippen molar-refractivity contribution in [3.05, 3.63) is 64.6 Å². The van der Waals surface area contributed by atoms with E-state index in [2.05, 4.69) is 9.97 Å². The van der Waals surface area contributed by atoms with Crippen molar-refractivity contribution in [2.24, 2.45) is 0 Å². The molecule has 0 saturated carbocycles. The number of rotatable bonds is 4. The Morgan fingerprint density at radius 1 is 1.07 bits per heavy atom. The standard InChI is InChI=1S/C21H18N2O4/c1-3-27-21(25)16-11-22-19-18(16)15-10-13(6-9-17(15)23-20(19)24)12-4-7-14(26-2)8-5-12/h4-11,22H,3H2,1-2H3,(H,23,24). The Morgan fingerprint density at radius 3 is 2.52 bits per heavy atom. The first-order chi connectivity index (χ1) is 13.1. The summed E-state index contributed by atoms with van der Waals surface area (Å²) in [5, 5.41) is 1.35. The number of hydrogen-bond donors (Lipinski definition) is 2. The van der Waals surface area contributed by atoms with Gasteiger partial charge in [-0.15, -0.1) is 0 Å². The lowest BCUT2D eigenvalue weighted by Gasteiger charge is -2.08. The van der Waals surface area contributed by atoms with Gasteiger partial charge in [0.25, 0.3) is 5.56 Å². The third kappa shape index (κ3) is 2.85. The highest BCUT2D eigenvalue weighted by molar-refractivity contribution is 6.15. The number of aromatic amines is 2. The van der Waals surface area contributed by atoms with E-state index in [-0.39, 0.29) is 12.2 Å². The Balaban J connectivity index is 1.96. The molecule has 0 aliphatic carbocycles. The number of methoxy groups -OCH3 is 1. The molecule has 6 nitrogen and oxygen atoms in total. The largest absolute Gasteiger partial charge is 0.497 e. The average Bonchev–Trinajstić information content (AvgIpc) is 3.14. The van der Waals surface area contributed by atoms with Gasteiger partial charge in [0.1, 0.15) is 11.3 Å². The quantitative estimate of drug-likeness (QED) is 0.540. The normalized spacial score (nSPS) is 11.0. The van der Waals surface area contributed by atoms with Crippen molar-refractivity contribution < 1.29 is 14.3 Å². The van der Waals surface area contributed by atoms with E-state index in [0.29, 0.717) is 22.0 Å². The minimum absolute atomic E-state index is 0.268. The summed E-state index contributed by atoms with van der Waals surface area (Å²) in [4.78, 5) is 30.4. The molecular formula is C21H18N2O4. The van der Waals surface area contributed by atoms with Crippen LogP contribution in [0.25, 0.3) is 32.9 Å². The van der Waals surface area contributed by atoms with E-state index in [4.69, 9.17) is 9.47 Å². The number of carbonyl (C=O) groups excluding carboxylic acids is 1. The van der Waals surface area contributed by atoms with E-state index in [9.17, 15) is 9.59 Å². The summed E-state index contributed by atoms with van der Waals surface area (Å²) >= 11 is 0. The van der Waals surface area contributed by atoms with Gasteiger partial charge in [0.05, 0.1) is 19.3 Å². The fourth-order valence-corrected chi connectivity index (χ4v) is 3.26. The second-order valence-electron chi connectivity index (χ2n) is 6.12. The summed E-state index contributed by atoms with van der Waals surface area (Å²) in [5.41, 5.74) is 3.08. The van der Waals surface area contributed by atoms with Crippen LogP contribution in [0.5, 0.6) is 5.75 Å². The van der Waals surface area contributed by atoms with Crippen molar-refractivity contribution in [3.63, 3.8) is 0 Å². The molecule has 4 aromatic rings. The van der Waals surface area contributed by atoms with Gasteiger partial charge < -0.3 is 19.4 Å². The van der Waals surface area contributed by atoms with Crippen LogP contribution in [0, 0.1) is 0 Å². The van der Waals surface area contributed by atoms with Crippen LogP contribution in [0.15, 0.2) is 53.5 Å². The molecule has 0 spiro atoms. The Morgan fingerprint density at radius 2 is 1.81 bits per heavy atom. The molecule has 0 unspecified atom stereocenters. The molecule has 2 aromatic heterocycles. The first kappa shape index (κ1) is 16.9. The van der Waals surface area contributed by atoms with Crippen molar-refractivity contribution in [3.8, 4) is 16.9 Å². The highest BCUT2D eigenvalue weighted by atomic mass is 16.5. The zero-order valence-corrected chi connectivity index (χ0v) is 15.0. The lowest BCUT2D eigenvalue weighted by atomic mass is 10.0. The summed E-state index contributed by atoms with van der Waals surface area (Å²) in [6, 6.07) is 13.5. The molecule has 27 heavy (non-hydrogen) atoms. The van der Waals surface area contributed by atoms with Crippen molar-refractivity contribution >= 4 is 27.8 Å². The van der Waals surface area contributed by atoms with Crippen LogP contribution >= 0.6 is 0 Å². The fourth-order valence-electron chi connectivity index (χ4n) is 3.26. The van der Waals surface area contributed by atoms with Crippen LogP contribution in [0.4, 0.5) is 0 Å². The van der Waals surface area contributed by atoms with Gasteiger partial charge in [0.15, 0.2) is 0 Å². The van der Waals surface area contributed by atoms with Gasteiger partial charge in [0.2, 0.25) is 0 Å². The molecule has 0 aliphatic heterocycles. The van der Waals surface area contributed by atoms with Crippen molar-refractivity contribution in [2.45, 2.75) is 6.92 Å². The van der Waals surface area contributed by atoms with E-state index in [0.717, 1.165) is 22.3 Å². The Kier molecular flexibility index (Phi) is 4.16. The first-order valence-electron chi connectivity index (χ1n) is 8.61. The molecule has 2 N–H and O–H groups in total. The predicted molar refractivity (Wildman–Crippen MR) is 104 cm³/mol. The SMILES string of the molecule is CCOC(=O)c1c[nH]c2c(=O)[nH]c3ccc(-c4ccc(OC)cc4)cc3c12. The van der Waals surface area contributed by atoms with E-state index >= 15 is 0 Å². The molecule has 0 fully saturated rings. The van der Waals surface area contributed by atoms with Crippen LogP contribution in [0.2, 0.25) is 0 Å². The summed E-state index contributed by atoms with van der Waals surface area (Å²) in [7, 11) is 1.63. The van der Waals surface area contributed by atoms with Gasteiger partial charge in [-0.05, 0) is 42.3 Å². The molecule has 2 aromatic carbocycles. The van der Waals surface area contributed by atoms with Crippen LogP contribution in [-0.2, 0) is 4.74 Å². The van der Waals surface area contributed by atoms with Crippen LogP contribution < -0.4 is 10.3 Å². The third-order valence-electron chi connectivity index (χ3n) is 4.56. The monoisotopic (exact) mass is 362 g/mol. The van der Waals surface area contributed by atoms with Gasteiger partial charge in [-0.1, -0.05) is 18.2 Å². The molecule has 0 radical (unpaired) electrons. The first-order valence-corrected chi connectivity index (χ1v) is 8.61. The van der Waals surface area contributed by atoms with Crippen LogP contribution in [0.3, 0.4) is 0 Å². The van der Waals surface area contributed by atoms with Crippen molar-refractivity contribution in [1.82, 2.24) is 9.97 Å². The smallest absolute Gasteiger partial charge is 0.340 e. The van der Waals surface area contributed by atoms with E-state index in [1.807, 2.05) is 42.5 Å². The molecule has 0 aliphatic rings. The predicted octanol–water partition coefficient (Wildman–Crippen LogP) is 3.86. The number of esters is 1. The summed E-state index contributed by atoms with van der Waals surface area (Å²) in [5.74, 6) is 0.326. The number of nitrogens with one attached hydrogen (secondary N) is 2. The summed E-state index contributed by atoms with van der Waals surface area (Å²) in [6.45, 7) is 2.02. The van der Waals surface area contributed by atoms with Gasteiger partial charge in [0, 0.05) is 22.5 Å². The molecule has 4 rings (SSSR count). The second kappa shape index (κ2) is 6.64. The molecule has 2 heterocycles. The van der Waals surface area contributed by atoms with Crippen molar-refractivity contribution in [1.29, 1.82) is 0 Å². The van der Waals surface area contributed by atoms with Crippen LogP contribution in [-0.4, -0.2) is 29.7 Å². The Bertz CT molecular complexity index is 1200. The molecule has 0 saturated heterocycles. The maximum absolute atomic E-state index is 12.4. The number of pyridine rings is 1. The molecular weight excluding hydrogens is 344 g/mol. The maximum atomic E-state index is 12.4. The third-order valence-corrected chi connectivity index (χ3v) is 4.56. The molecule has 0 atom stereocenters. The maximum Gasteiger partial charge on any atom is 0.340 e. The topological polar surface area (TPSA) is 84.2 Å². The van der Waals surface area contributed by atoms with Gasteiger partial charge in [-0.3, -0.25) is 4.79 Å². The number of ether oxygens (including phenoxy) is 2. The molecule has 6 heteroatoms. The van der Waals surface area contributed by atoms with E-state index in [1.54, 1.807) is 14.0 Å². The van der Waals surface area contributed by atoms with Crippen LogP contribution in [0.1, 0.15) is 17.3 Å². The van der Waals surface area contributed by atoms with Gasteiger partial charge in [-0.25, -0.2) is 4.79 Å². The summed E-state index contributed by atoms with van der Waals surface area (Å²) < 4.78 is 10.3. The highest BCUT2D eigenvalue weighted by Gasteiger charge is 2.18. The average molecular weight is 362 g/mol. The highest BCUT2D eigenvalue weighted by Crippen LogP contribution is 2.30. The molecule has 0 bridgehead atoms. The molecule has 0 amide bonds. The zero-order valence-electron chi connectivity index (χ0n) is 15.0. The lowest BCUT2D eigenvalue weighted by Crippen LogP contribution is -2.08. The number of hydrogen-bond acceptors (Lipinski definition) is 4. The van der Waals surface area contributed by atoms with Gasteiger partial charge >= 0.3 is 5.97 Å².